The summed E-state index contributed by atoms with van der Waals surface area (Å²) < 4.78 is 0. The molecule has 6 heteroatoms. The van der Waals surface area contributed by atoms with E-state index in [4.69, 9.17) is 11.6 Å². The molecule has 1 saturated heterocycles. The molecule has 1 aliphatic heterocycles. The second-order valence-electron chi connectivity index (χ2n) is 7.37. The number of piperidine rings is 1. The maximum atomic E-state index is 12.3. The smallest absolute Gasteiger partial charge is 0.251 e. The molecule has 1 aromatic carbocycles. The van der Waals surface area contributed by atoms with Crippen LogP contribution < -0.4 is 10.6 Å². The molecule has 0 spiro atoms. The summed E-state index contributed by atoms with van der Waals surface area (Å²) in [6, 6.07) is 7.36. The molecule has 0 radical (unpaired) electrons. The fraction of sp³-hybridized carbons (Fsp3) is 0.600. The van der Waals surface area contributed by atoms with Gasteiger partial charge >= 0.3 is 0 Å². The molecular formula is C20H28ClN3O2. The maximum absolute atomic E-state index is 12.3. The number of benzene rings is 1. The van der Waals surface area contributed by atoms with Crippen LogP contribution >= 0.6 is 11.6 Å². The van der Waals surface area contributed by atoms with E-state index in [1.165, 1.54) is 12.8 Å². The predicted molar refractivity (Wildman–Crippen MR) is 103 cm³/mol. The third-order valence-electron chi connectivity index (χ3n) is 5.20. The van der Waals surface area contributed by atoms with Crippen LogP contribution in [-0.2, 0) is 4.79 Å². The summed E-state index contributed by atoms with van der Waals surface area (Å²) in [5.74, 6) is 0.973. The van der Waals surface area contributed by atoms with Gasteiger partial charge in [0.25, 0.3) is 5.91 Å². The average molecular weight is 378 g/mol. The summed E-state index contributed by atoms with van der Waals surface area (Å²) in [6.45, 7) is 3.34. The lowest BCUT2D eigenvalue weighted by Gasteiger charge is -2.32. The number of nitrogens with zero attached hydrogens (tertiary/aromatic N) is 1. The lowest BCUT2D eigenvalue weighted by molar-refractivity contribution is -0.132. The van der Waals surface area contributed by atoms with E-state index in [2.05, 4.69) is 10.6 Å². The molecule has 1 aliphatic carbocycles. The highest BCUT2D eigenvalue weighted by Crippen LogP contribution is 2.28. The van der Waals surface area contributed by atoms with Crippen LogP contribution in [0.15, 0.2) is 24.3 Å². The van der Waals surface area contributed by atoms with Gasteiger partial charge in [-0.2, -0.15) is 0 Å². The first kappa shape index (κ1) is 19.2. The third kappa shape index (κ3) is 5.99. The third-order valence-corrected chi connectivity index (χ3v) is 5.45. The molecule has 142 valence electrons. The van der Waals surface area contributed by atoms with Crippen LogP contribution in [-0.4, -0.2) is 48.9 Å². The normalized spacial score (nSPS) is 18.0. The minimum Gasteiger partial charge on any atom is -0.352 e. The minimum absolute atomic E-state index is 0.128. The molecule has 0 unspecified atom stereocenters. The van der Waals surface area contributed by atoms with E-state index >= 15 is 0 Å². The van der Waals surface area contributed by atoms with E-state index in [0.29, 0.717) is 36.0 Å². The van der Waals surface area contributed by atoms with Crippen molar-refractivity contribution in [3.8, 4) is 0 Å². The van der Waals surface area contributed by atoms with Gasteiger partial charge in [-0.05, 0) is 68.8 Å². The number of hydrogen-bond acceptors (Lipinski definition) is 3. The van der Waals surface area contributed by atoms with Crippen molar-refractivity contribution in [1.29, 1.82) is 0 Å². The molecule has 2 fully saturated rings. The van der Waals surface area contributed by atoms with Gasteiger partial charge in [-0.25, -0.2) is 0 Å². The van der Waals surface area contributed by atoms with Crippen molar-refractivity contribution in [2.24, 2.45) is 5.92 Å². The number of hydrogen-bond donors (Lipinski definition) is 2. The van der Waals surface area contributed by atoms with Gasteiger partial charge < -0.3 is 15.5 Å². The molecule has 1 saturated carbocycles. The van der Waals surface area contributed by atoms with Gasteiger partial charge in [-0.1, -0.05) is 11.6 Å². The topological polar surface area (TPSA) is 61.4 Å². The standard InChI is InChI=1S/C20H28ClN3O2/c21-17-7-5-16(6-8-17)20(26)22-11-1-2-19(25)24-12-9-18(10-13-24)23-14-15-3-4-15/h5-8,15,18,23H,1-4,9-14H2,(H,22,26). The molecule has 5 nitrogen and oxygen atoms in total. The van der Waals surface area contributed by atoms with Crippen molar-refractivity contribution in [2.75, 3.05) is 26.2 Å². The van der Waals surface area contributed by atoms with Gasteiger partial charge in [-0.3, -0.25) is 9.59 Å². The Bertz CT molecular complexity index is 608. The molecule has 2 amide bonds. The molecule has 2 N–H and O–H groups in total. The monoisotopic (exact) mass is 377 g/mol. The largest absolute Gasteiger partial charge is 0.352 e. The second kappa shape index (κ2) is 9.38. The molecule has 1 heterocycles. The number of carbonyl (C=O) groups excluding carboxylic acids is 2. The molecule has 1 aromatic rings. The summed E-state index contributed by atoms with van der Waals surface area (Å²) in [4.78, 5) is 26.3. The van der Waals surface area contributed by atoms with Crippen molar-refractivity contribution in [3.05, 3.63) is 34.9 Å². The number of halogens is 1. The van der Waals surface area contributed by atoms with Crippen LogP contribution in [0.4, 0.5) is 0 Å². The highest BCUT2D eigenvalue weighted by Gasteiger charge is 2.25. The van der Waals surface area contributed by atoms with E-state index < -0.39 is 0 Å². The fourth-order valence-corrected chi connectivity index (χ4v) is 3.42. The number of likely N-dealkylation sites (tertiary alicyclic amines) is 1. The second-order valence-corrected chi connectivity index (χ2v) is 7.81. The Kier molecular flexibility index (Phi) is 6.92. The lowest BCUT2D eigenvalue weighted by atomic mass is 10.0. The van der Waals surface area contributed by atoms with E-state index in [1.54, 1.807) is 24.3 Å². The summed E-state index contributed by atoms with van der Waals surface area (Å²) in [7, 11) is 0. The van der Waals surface area contributed by atoms with Crippen molar-refractivity contribution in [3.63, 3.8) is 0 Å². The van der Waals surface area contributed by atoms with Gasteiger partial charge in [0.15, 0.2) is 0 Å². The van der Waals surface area contributed by atoms with Crippen molar-refractivity contribution in [2.45, 2.75) is 44.6 Å². The highest BCUT2D eigenvalue weighted by atomic mass is 35.5. The molecule has 3 rings (SSSR count). The van der Waals surface area contributed by atoms with E-state index in [-0.39, 0.29) is 11.8 Å². The summed E-state index contributed by atoms with van der Waals surface area (Å²) in [6.07, 6.45) is 5.99. The predicted octanol–water partition coefficient (Wildman–Crippen LogP) is 2.84. The van der Waals surface area contributed by atoms with Gasteiger partial charge in [0, 0.05) is 42.7 Å². The minimum atomic E-state index is -0.128. The Morgan fingerprint density at radius 2 is 1.77 bits per heavy atom. The van der Waals surface area contributed by atoms with Crippen LogP contribution in [0.1, 0.15) is 48.9 Å². The summed E-state index contributed by atoms with van der Waals surface area (Å²) in [5, 5.41) is 7.10. The molecule has 26 heavy (non-hydrogen) atoms. The van der Waals surface area contributed by atoms with Crippen LogP contribution in [0.2, 0.25) is 5.02 Å². The Labute approximate surface area is 160 Å². The summed E-state index contributed by atoms with van der Waals surface area (Å²) in [5.41, 5.74) is 0.585. The first-order valence-electron chi connectivity index (χ1n) is 9.67. The molecule has 2 aliphatic rings. The average Bonchev–Trinajstić information content (AvgIpc) is 3.48. The Morgan fingerprint density at radius 1 is 1.08 bits per heavy atom. The van der Waals surface area contributed by atoms with Gasteiger partial charge in [0.1, 0.15) is 0 Å². The zero-order valence-corrected chi connectivity index (χ0v) is 15.9. The highest BCUT2D eigenvalue weighted by molar-refractivity contribution is 6.30. The van der Waals surface area contributed by atoms with Crippen molar-refractivity contribution in [1.82, 2.24) is 15.5 Å². The van der Waals surface area contributed by atoms with Crippen LogP contribution in [0.5, 0.6) is 0 Å². The summed E-state index contributed by atoms with van der Waals surface area (Å²) >= 11 is 5.82. The number of nitrogens with one attached hydrogen (secondary N) is 2. The zero-order chi connectivity index (χ0) is 18.4. The van der Waals surface area contributed by atoms with Crippen LogP contribution in [0.25, 0.3) is 0 Å². The van der Waals surface area contributed by atoms with Crippen molar-refractivity contribution >= 4 is 23.4 Å². The number of rotatable bonds is 8. The Balaban J connectivity index is 1.28. The van der Waals surface area contributed by atoms with Crippen molar-refractivity contribution < 1.29 is 9.59 Å². The number of carbonyl (C=O) groups is 2. The van der Waals surface area contributed by atoms with Gasteiger partial charge in [-0.15, -0.1) is 0 Å². The molecule has 0 atom stereocenters. The first-order chi connectivity index (χ1) is 12.6. The van der Waals surface area contributed by atoms with Gasteiger partial charge in [0.2, 0.25) is 5.91 Å². The Morgan fingerprint density at radius 3 is 2.42 bits per heavy atom. The molecule has 0 aromatic heterocycles. The van der Waals surface area contributed by atoms with Gasteiger partial charge in [0.05, 0.1) is 0 Å². The van der Waals surface area contributed by atoms with Crippen LogP contribution in [0.3, 0.4) is 0 Å². The zero-order valence-electron chi connectivity index (χ0n) is 15.2. The first-order valence-corrected chi connectivity index (χ1v) is 10.0. The quantitative estimate of drug-likeness (QED) is 0.685. The maximum Gasteiger partial charge on any atom is 0.251 e. The van der Waals surface area contributed by atoms with E-state index in [0.717, 1.165) is 38.4 Å². The van der Waals surface area contributed by atoms with E-state index in [1.807, 2.05) is 4.90 Å². The Hall–Kier alpha value is -1.59. The van der Waals surface area contributed by atoms with E-state index in [9.17, 15) is 9.59 Å². The van der Waals surface area contributed by atoms with Crippen LogP contribution in [0, 0.1) is 5.92 Å². The SMILES string of the molecule is O=C(NCCCC(=O)N1CCC(NCC2CC2)CC1)c1ccc(Cl)cc1. The molecule has 0 bridgehead atoms. The molecular weight excluding hydrogens is 350 g/mol. The number of amides is 2. The lowest BCUT2D eigenvalue weighted by Crippen LogP contribution is -2.45. The fourth-order valence-electron chi connectivity index (χ4n) is 3.29.